The molecule has 0 saturated carbocycles. The number of carboxylic acids is 1. The average molecular weight is 324 g/mol. The van der Waals surface area contributed by atoms with Crippen molar-refractivity contribution in [2.45, 2.75) is 6.10 Å². The Labute approximate surface area is 137 Å². The molecule has 1 unspecified atom stereocenters. The lowest BCUT2D eigenvalue weighted by Crippen LogP contribution is -3.00. The Morgan fingerprint density at radius 1 is 1.14 bits per heavy atom. The molecule has 0 heterocycles. The zero-order valence-electron chi connectivity index (χ0n) is 13.1. The fourth-order valence-corrected chi connectivity index (χ4v) is 2.22. The van der Waals surface area contributed by atoms with E-state index in [1.165, 1.54) is 0 Å². The van der Waals surface area contributed by atoms with E-state index < -0.39 is 12.1 Å². The van der Waals surface area contributed by atoms with E-state index in [2.05, 4.69) is 21.1 Å². The molecule has 0 aliphatic carbocycles. The van der Waals surface area contributed by atoms with Crippen molar-refractivity contribution >= 4 is 16.7 Å². The van der Waals surface area contributed by atoms with Gasteiger partial charge in [0.2, 0.25) is 0 Å². The van der Waals surface area contributed by atoms with Gasteiger partial charge in [-0.2, -0.15) is 0 Å². The summed E-state index contributed by atoms with van der Waals surface area (Å²) in [5.41, 5.74) is 0.710. The van der Waals surface area contributed by atoms with Crippen molar-refractivity contribution < 1.29 is 31.5 Å². The summed E-state index contributed by atoms with van der Waals surface area (Å²) in [5.74, 6) is -0.951. The van der Waals surface area contributed by atoms with Gasteiger partial charge in [0.15, 0.2) is 6.10 Å². The first-order chi connectivity index (χ1) is 9.88. The third-order valence-corrected chi connectivity index (χ3v) is 3.38. The largest absolute Gasteiger partial charge is 1.00 e. The molecule has 0 aliphatic rings. The summed E-state index contributed by atoms with van der Waals surface area (Å²) in [7, 11) is 6.16. The van der Waals surface area contributed by atoms with Gasteiger partial charge in [0.25, 0.3) is 0 Å². The van der Waals surface area contributed by atoms with Crippen LogP contribution >= 0.6 is 0 Å². The number of quaternary nitrogens is 1. The Morgan fingerprint density at radius 2 is 1.77 bits per heavy atom. The molecule has 0 amide bonds. The number of likely N-dealkylation sites (N-methyl/N-ethyl adjacent to an activating group) is 1. The van der Waals surface area contributed by atoms with Crippen LogP contribution in [0.25, 0.3) is 10.8 Å². The minimum Gasteiger partial charge on any atom is -1.00 e. The Balaban J connectivity index is 0.00000242. The standard InChI is InChI=1S/C17H21NO3.ClH/c1-18(2,3)11-12-21-16(17(19)20)15-10-6-8-13-7-4-5-9-14(13)15;/h4-10,16H,11-12H2,1-3H3;1H. The lowest BCUT2D eigenvalue weighted by Gasteiger charge is -2.25. The molecule has 0 fully saturated rings. The molecule has 0 bridgehead atoms. The van der Waals surface area contributed by atoms with Crippen LogP contribution in [0.5, 0.6) is 0 Å². The van der Waals surface area contributed by atoms with Gasteiger partial charge in [-0.05, 0) is 16.3 Å². The molecule has 0 saturated heterocycles. The molecule has 2 aromatic rings. The maximum Gasteiger partial charge on any atom is 0.337 e. The van der Waals surface area contributed by atoms with Gasteiger partial charge in [-0.25, -0.2) is 4.79 Å². The highest BCUT2D eigenvalue weighted by molar-refractivity contribution is 5.90. The van der Waals surface area contributed by atoms with Crippen LogP contribution in [0.3, 0.4) is 0 Å². The number of halogens is 1. The SMILES string of the molecule is C[N+](C)(C)CCOC(C(=O)O)c1cccc2ccccc12.[Cl-]. The number of nitrogens with zero attached hydrogens (tertiary/aromatic N) is 1. The second-order valence-electron chi connectivity index (χ2n) is 6.17. The van der Waals surface area contributed by atoms with Gasteiger partial charge in [-0.3, -0.25) is 0 Å². The molecule has 1 N–H and O–H groups in total. The fraction of sp³-hybridized carbons (Fsp3) is 0.353. The monoisotopic (exact) mass is 323 g/mol. The molecular formula is C17H22ClNO3. The molecule has 5 heteroatoms. The first-order valence-electron chi connectivity index (χ1n) is 7.01. The number of fused-ring (bicyclic) bond motifs is 1. The van der Waals surface area contributed by atoms with Crippen molar-refractivity contribution in [2.75, 3.05) is 34.3 Å². The number of hydrogen-bond donors (Lipinski definition) is 1. The number of carboxylic acid groups (broad SMARTS) is 1. The normalized spacial score (nSPS) is 12.7. The number of hydrogen-bond acceptors (Lipinski definition) is 2. The van der Waals surface area contributed by atoms with E-state index >= 15 is 0 Å². The second kappa shape index (κ2) is 7.58. The Kier molecular flexibility index (Phi) is 6.35. The first kappa shape index (κ1) is 18.4. The van der Waals surface area contributed by atoms with Gasteiger partial charge >= 0.3 is 5.97 Å². The van der Waals surface area contributed by atoms with Crippen LogP contribution in [0.2, 0.25) is 0 Å². The van der Waals surface area contributed by atoms with Crippen molar-refractivity contribution in [1.82, 2.24) is 0 Å². The van der Waals surface area contributed by atoms with Crippen LogP contribution in [-0.2, 0) is 9.53 Å². The number of ether oxygens (including phenoxy) is 1. The van der Waals surface area contributed by atoms with E-state index in [9.17, 15) is 9.90 Å². The maximum atomic E-state index is 11.6. The van der Waals surface area contributed by atoms with Crippen LogP contribution in [-0.4, -0.2) is 49.9 Å². The highest BCUT2D eigenvalue weighted by Gasteiger charge is 2.23. The quantitative estimate of drug-likeness (QED) is 0.742. The zero-order chi connectivity index (χ0) is 15.5. The average Bonchev–Trinajstić information content (AvgIpc) is 2.42. The van der Waals surface area contributed by atoms with E-state index in [-0.39, 0.29) is 12.4 Å². The maximum absolute atomic E-state index is 11.6. The highest BCUT2D eigenvalue weighted by Crippen LogP contribution is 2.27. The molecule has 0 spiro atoms. The van der Waals surface area contributed by atoms with Crippen molar-refractivity contribution in [2.24, 2.45) is 0 Å². The molecule has 120 valence electrons. The van der Waals surface area contributed by atoms with Gasteiger partial charge in [0.1, 0.15) is 6.54 Å². The second-order valence-corrected chi connectivity index (χ2v) is 6.17. The molecule has 4 nitrogen and oxygen atoms in total. The van der Waals surface area contributed by atoms with Crippen molar-refractivity contribution in [1.29, 1.82) is 0 Å². The van der Waals surface area contributed by atoms with Gasteiger partial charge < -0.3 is 26.7 Å². The van der Waals surface area contributed by atoms with Crippen molar-refractivity contribution in [3.63, 3.8) is 0 Å². The van der Waals surface area contributed by atoms with Crippen LogP contribution in [0, 0.1) is 0 Å². The fourth-order valence-electron chi connectivity index (χ4n) is 2.22. The van der Waals surface area contributed by atoms with Gasteiger partial charge in [0.05, 0.1) is 27.7 Å². The molecule has 1 atom stereocenters. The van der Waals surface area contributed by atoms with Crippen LogP contribution in [0.1, 0.15) is 11.7 Å². The molecule has 2 aromatic carbocycles. The van der Waals surface area contributed by atoms with Crippen LogP contribution in [0.4, 0.5) is 0 Å². The van der Waals surface area contributed by atoms with Crippen molar-refractivity contribution in [3.05, 3.63) is 48.0 Å². The Morgan fingerprint density at radius 3 is 2.41 bits per heavy atom. The van der Waals surface area contributed by atoms with E-state index in [1.54, 1.807) is 0 Å². The molecule has 0 aromatic heterocycles. The van der Waals surface area contributed by atoms with Crippen LogP contribution in [0.15, 0.2) is 42.5 Å². The zero-order valence-corrected chi connectivity index (χ0v) is 13.9. The summed E-state index contributed by atoms with van der Waals surface area (Å²) in [6.45, 7) is 1.16. The molecular weight excluding hydrogens is 302 g/mol. The third-order valence-electron chi connectivity index (χ3n) is 3.38. The van der Waals surface area contributed by atoms with Gasteiger partial charge in [-0.1, -0.05) is 42.5 Å². The molecule has 0 radical (unpaired) electrons. The predicted octanol–water partition coefficient (Wildman–Crippen LogP) is -0.308. The minimum atomic E-state index is -0.951. The smallest absolute Gasteiger partial charge is 0.337 e. The summed E-state index contributed by atoms with van der Waals surface area (Å²) in [4.78, 5) is 11.6. The first-order valence-corrected chi connectivity index (χ1v) is 7.01. The van der Waals surface area contributed by atoms with E-state index in [0.29, 0.717) is 12.2 Å². The van der Waals surface area contributed by atoms with E-state index in [4.69, 9.17) is 4.74 Å². The van der Waals surface area contributed by atoms with Gasteiger partial charge in [-0.15, -0.1) is 0 Å². The number of carbonyl (C=O) groups is 1. The van der Waals surface area contributed by atoms with Gasteiger partial charge in [0, 0.05) is 0 Å². The summed E-state index contributed by atoms with van der Waals surface area (Å²) in [6, 6.07) is 13.4. The number of rotatable bonds is 6. The number of aliphatic carboxylic acids is 1. The van der Waals surface area contributed by atoms with Crippen molar-refractivity contribution in [3.8, 4) is 0 Å². The molecule has 2 rings (SSSR count). The Bertz CT molecular complexity index is 632. The highest BCUT2D eigenvalue weighted by atomic mass is 35.5. The van der Waals surface area contributed by atoms with E-state index in [1.807, 2.05) is 42.5 Å². The third kappa shape index (κ3) is 4.70. The molecule has 0 aliphatic heterocycles. The topological polar surface area (TPSA) is 46.5 Å². The number of benzene rings is 2. The summed E-state index contributed by atoms with van der Waals surface area (Å²) >= 11 is 0. The minimum absolute atomic E-state index is 0. The van der Waals surface area contributed by atoms with E-state index in [0.717, 1.165) is 21.8 Å². The predicted molar refractivity (Wildman–Crippen MR) is 83.2 cm³/mol. The molecule has 22 heavy (non-hydrogen) atoms. The summed E-state index contributed by atoms with van der Waals surface area (Å²) in [5, 5.41) is 11.4. The Hall–Kier alpha value is -1.62. The lowest BCUT2D eigenvalue weighted by molar-refractivity contribution is -0.870. The lowest BCUT2D eigenvalue weighted by atomic mass is 10.0. The van der Waals surface area contributed by atoms with Crippen LogP contribution < -0.4 is 12.4 Å². The summed E-state index contributed by atoms with van der Waals surface area (Å²) < 4.78 is 6.40. The summed E-state index contributed by atoms with van der Waals surface area (Å²) in [6.07, 6.45) is -0.928.